The third kappa shape index (κ3) is 2.74. The van der Waals surface area contributed by atoms with Gasteiger partial charge in [-0.05, 0) is 6.07 Å². The van der Waals surface area contributed by atoms with Gasteiger partial charge in [-0.1, -0.05) is 17.7 Å². The molecule has 1 atom stereocenters. The van der Waals surface area contributed by atoms with Gasteiger partial charge >= 0.3 is 5.97 Å². The summed E-state index contributed by atoms with van der Waals surface area (Å²) in [5.41, 5.74) is 0.990. The predicted octanol–water partition coefficient (Wildman–Crippen LogP) is 1.18. The normalized spacial score (nSPS) is 20.0. The molecule has 1 unspecified atom stereocenters. The van der Waals surface area contributed by atoms with Crippen LogP contribution in [0.25, 0.3) is 0 Å². The van der Waals surface area contributed by atoms with E-state index in [1.54, 1.807) is 12.1 Å². The lowest BCUT2D eigenvalue weighted by molar-refractivity contribution is 0.0579. The summed E-state index contributed by atoms with van der Waals surface area (Å²) in [6, 6.07) is 3.37. The summed E-state index contributed by atoms with van der Waals surface area (Å²) in [4.78, 5) is 15.6. The molecule has 0 aromatic carbocycles. The molecule has 1 aromatic heterocycles. The van der Waals surface area contributed by atoms with Crippen molar-refractivity contribution in [1.82, 2.24) is 10.3 Å². The van der Waals surface area contributed by atoms with Gasteiger partial charge in [0.1, 0.15) is 5.15 Å². The SMILES string of the molecule is COC(=O)c1nc(Cl)ccc1C1COCCN1. The number of nitrogens with one attached hydrogen (secondary N) is 1. The lowest BCUT2D eigenvalue weighted by Gasteiger charge is -2.25. The number of hydrogen-bond acceptors (Lipinski definition) is 5. The highest BCUT2D eigenvalue weighted by Gasteiger charge is 2.23. The Hall–Kier alpha value is -1.17. The van der Waals surface area contributed by atoms with Gasteiger partial charge in [-0.25, -0.2) is 9.78 Å². The number of morpholine rings is 1. The molecular weight excluding hydrogens is 244 g/mol. The molecule has 1 aliphatic rings. The quantitative estimate of drug-likeness (QED) is 0.636. The van der Waals surface area contributed by atoms with E-state index in [0.29, 0.717) is 13.2 Å². The number of carbonyl (C=O) groups excluding carboxylic acids is 1. The zero-order chi connectivity index (χ0) is 12.3. The number of ether oxygens (including phenoxy) is 2. The first-order valence-corrected chi connectivity index (χ1v) is 5.66. The standard InChI is InChI=1S/C11H13ClN2O3/c1-16-11(15)10-7(2-3-9(12)14-10)8-6-17-5-4-13-8/h2-3,8,13H,4-6H2,1H3. The van der Waals surface area contributed by atoms with Crippen LogP contribution in [0.1, 0.15) is 22.1 Å². The Morgan fingerprint density at radius 1 is 1.65 bits per heavy atom. The molecule has 0 bridgehead atoms. The van der Waals surface area contributed by atoms with Crippen molar-refractivity contribution in [3.63, 3.8) is 0 Å². The summed E-state index contributed by atoms with van der Waals surface area (Å²) in [6.45, 7) is 1.92. The van der Waals surface area contributed by atoms with Gasteiger partial charge in [0.15, 0.2) is 5.69 Å². The topological polar surface area (TPSA) is 60.5 Å². The van der Waals surface area contributed by atoms with Crippen LogP contribution in [0.15, 0.2) is 12.1 Å². The first-order valence-electron chi connectivity index (χ1n) is 5.28. The molecule has 0 radical (unpaired) electrons. The van der Waals surface area contributed by atoms with Crippen LogP contribution in [0.5, 0.6) is 0 Å². The Morgan fingerprint density at radius 2 is 2.47 bits per heavy atom. The van der Waals surface area contributed by atoms with E-state index in [2.05, 4.69) is 10.3 Å². The maximum atomic E-state index is 11.6. The highest BCUT2D eigenvalue weighted by atomic mass is 35.5. The van der Waals surface area contributed by atoms with Crippen LogP contribution < -0.4 is 5.32 Å². The maximum absolute atomic E-state index is 11.6. The van der Waals surface area contributed by atoms with E-state index in [0.717, 1.165) is 12.1 Å². The summed E-state index contributed by atoms with van der Waals surface area (Å²) >= 11 is 5.79. The monoisotopic (exact) mass is 256 g/mol. The molecule has 0 aliphatic carbocycles. The van der Waals surface area contributed by atoms with Crippen molar-refractivity contribution in [2.75, 3.05) is 26.9 Å². The fraction of sp³-hybridized carbons (Fsp3) is 0.455. The van der Waals surface area contributed by atoms with E-state index in [9.17, 15) is 4.79 Å². The van der Waals surface area contributed by atoms with Crippen molar-refractivity contribution >= 4 is 17.6 Å². The molecule has 1 fully saturated rings. The zero-order valence-corrected chi connectivity index (χ0v) is 10.2. The van der Waals surface area contributed by atoms with Crippen molar-refractivity contribution in [3.05, 3.63) is 28.5 Å². The molecule has 1 aliphatic heterocycles. The molecule has 0 amide bonds. The summed E-state index contributed by atoms with van der Waals surface area (Å²) < 4.78 is 10.1. The Kier molecular flexibility index (Phi) is 3.93. The maximum Gasteiger partial charge on any atom is 0.357 e. The van der Waals surface area contributed by atoms with E-state index in [1.807, 2.05) is 0 Å². The Morgan fingerprint density at radius 3 is 3.12 bits per heavy atom. The molecule has 5 nitrogen and oxygen atoms in total. The average molecular weight is 257 g/mol. The Bertz CT molecular complexity index is 419. The van der Waals surface area contributed by atoms with Crippen LogP contribution in [-0.4, -0.2) is 37.8 Å². The fourth-order valence-electron chi connectivity index (χ4n) is 1.75. The van der Waals surface area contributed by atoms with Crippen molar-refractivity contribution in [2.24, 2.45) is 0 Å². The van der Waals surface area contributed by atoms with Gasteiger partial charge in [-0.3, -0.25) is 0 Å². The van der Waals surface area contributed by atoms with Crippen LogP contribution in [0.3, 0.4) is 0 Å². The highest BCUT2D eigenvalue weighted by molar-refractivity contribution is 6.29. The highest BCUT2D eigenvalue weighted by Crippen LogP contribution is 2.21. The van der Waals surface area contributed by atoms with E-state index < -0.39 is 5.97 Å². The fourth-order valence-corrected chi connectivity index (χ4v) is 1.90. The van der Waals surface area contributed by atoms with Gasteiger partial charge < -0.3 is 14.8 Å². The van der Waals surface area contributed by atoms with Crippen molar-refractivity contribution in [2.45, 2.75) is 6.04 Å². The molecule has 1 aromatic rings. The summed E-state index contributed by atoms with van der Waals surface area (Å²) in [7, 11) is 1.32. The number of hydrogen-bond donors (Lipinski definition) is 1. The van der Waals surface area contributed by atoms with Gasteiger partial charge in [-0.15, -0.1) is 0 Å². The van der Waals surface area contributed by atoms with E-state index >= 15 is 0 Å². The first kappa shape index (κ1) is 12.3. The minimum atomic E-state index is -0.491. The number of rotatable bonds is 2. The Balaban J connectivity index is 2.34. The summed E-state index contributed by atoms with van der Waals surface area (Å²) in [5, 5.41) is 3.53. The molecule has 1 saturated heterocycles. The largest absolute Gasteiger partial charge is 0.464 e. The third-order valence-corrected chi connectivity index (χ3v) is 2.78. The molecule has 2 heterocycles. The molecule has 0 spiro atoms. The summed E-state index contributed by atoms with van der Waals surface area (Å²) in [6.07, 6.45) is 0. The summed E-state index contributed by atoms with van der Waals surface area (Å²) in [5.74, 6) is -0.491. The molecular formula is C11H13ClN2O3. The second kappa shape index (κ2) is 5.44. The molecule has 17 heavy (non-hydrogen) atoms. The second-order valence-electron chi connectivity index (χ2n) is 3.65. The minimum absolute atomic E-state index is 0.0531. The molecule has 92 valence electrons. The second-order valence-corrected chi connectivity index (χ2v) is 4.03. The molecule has 6 heteroatoms. The average Bonchev–Trinajstić information content (AvgIpc) is 2.38. The number of methoxy groups -OCH3 is 1. The zero-order valence-electron chi connectivity index (χ0n) is 9.40. The van der Waals surface area contributed by atoms with Gasteiger partial charge in [0.25, 0.3) is 0 Å². The van der Waals surface area contributed by atoms with Crippen molar-refractivity contribution < 1.29 is 14.3 Å². The number of halogens is 1. The number of carbonyl (C=O) groups is 1. The van der Waals surface area contributed by atoms with Gasteiger partial charge in [0.05, 0.1) is 26.4 Å². The van der Waals surface area contributed by atoms with Crippen LogP contribution in [-0.2, 0) is 9.47 Å². The van der Waals surface area contributed by atoms with Crippen molar-refractivity contribution in [1.29, 1.82) is 0 Å². The van der Waals surface area contributed by atoms with E-state index in [4.69, 9.17) is 21.1 Å². The third-order valence-electron chi connectivity index (χ3n) is 2.57. The number of nitrogens with zero attached hydrogens (tertiary/aromatic N) is 1. The predicted molar refractivity (Wildman–Crippen MR) is 62.1 cm³/mol. The Labute approximate surface area is 104 Å². The van der Waals surface area contributed by atoms with E-state index in [-0.39, 0.29) is 16.9 Å². The molecule has 2 rings (SSSR count). The van der Waals surface area contributed by atoms with Crippen LogP contribution >= 0.6 is 11.6 Å². The van der Waals surface area contributed by atoms with E-state index in [1.165, 1.54) is 7.11 Å². The van der Waals surface area contributed by atoms with Crippen LogP contribution in [0.4, 0.5) is 0 Å². The minimum Gasteiger partial charge on any atom is -0.464 e. The lowest BCUT2D eigenvalue weighted by Crippen LogP contribution is -2.35. The number of esters is 1. The lowest BCUT2D eigenvalue weighted by atomic mass is 10.0. The van der Waals surface area contributed by atoms with Gasteiger partial charge in [0, 0.05) is 12.1 Å². The number of pyridine rings is 1. The first-order chi connectivity index (χ1) is 8.22. The molecule has 1 N–H and O–H groups in total. The molecule has 0 saturated carbocycles. The van der Waals surface area contributed by atoms with Crippen molar-refractivity contribution in [3.8, 4) is 0 Å². The smallest absolute Gasteiger partial charge is 0.357 e. The number of aromatic nitrogens is 1. The van der Waals surface area contributed by atoms with Gasteiger partial charge in [-0.2, -0.15) is 0 Å². The van der Waals surface area contributed by atoms with Crippen LogP contribution in [0.2, 0.25) is 5.15 Å². The van der Waals surface area contributed by atoms with Gasteiger partial charge in [0.2, 0.25) is 0 Å². The van der Waals surface area contributed by atoms with Crippen LogP contribution in [0, 0.1) is 0 Å².